The SMILES string of the molecule is CC(=O)O[C@H]1[C@@H](n2cnc3ccccc32)C[C@H]2[C@@H]3CC[C@H]4C[C@@H](N5CCCC5)CC[C@]4(C)[C@H]3CC[C@@]21C. The molecule has 1 aromatic carbocycles. The molecule has 0 bridgehead atoms. The summed E-state index contributed by atoms with van der Waals surface area (Å²) in [4.78, 5) is 20.0. The number of carbonyl (C=O) groups is 1. The first-order valence-corrected chi connectivity index (χ1v) is 15.2. The normalized spacial score (nSPS) is 43.8. The average Bonchev–Trinajstić information content (AvgIpc) is 3.62. The van der Waals surface area contributed by atoms with E-state index in [0.29, 0.717) is 11.3 Å². The maximum absolute atomic E-state index is 12.4. The van der Waals surface area contributed by atoms with Gasteiger partial charge in [0.05, 0.1) is 23.4 Å². The summed E-state index contributed by atoms with van der Waals surface area (Å²) < 4.78 is 8.60. The van der Waals surface area contributed by atoms with Crippen molar-refractivity contribution in [2.75, 3.05) is 13.1 Å². The van der Waals surface area contributed by atoms with Crippen LogP contribution >= 0.6 is 0 Å². The monoisotopic (exact) mass is 503 g/mol. The van der Waals surface area contributed by atoms with Crippen molar-refractivity contribution in [3.05, 3.63) is 30.6 Å². The largest absolute Gasteiger partial charge is 0.460 e. The zero-order valence-electron chi connectivity index (χ0n) is 23.1. The van der Waals surface area contributed by atoms with E-state index in [1.54, 1.807) is 6.92 Å². The van der Waals surface area contributed by atoms with E-state index in [-0.39, 0.29) is 23.5 Å². The summed E-state index contributed by atoms with van der Waals surface area (Å²) in [6, 6.07) is 9.42. The molecule has 2 heterocycles. The molecule has 4 aliphatic carbocycles. The number of fused-ring (bicyclic) bond motifs is 6. The molecule has 0 unspecified atom stereocenters. The smallest absolute Gasteiger partial charge is 0.302 e. The van der Waals surface area contributed by atoms with Crippen LogP contribution in [0.5, 0.6) is 0 Å². The van der Waals surface area contributed by atoms with Crippen LogP contribution in [0.3, 0.4) is 0 Å². The van der Waals surface area contributed by atoms with Gasteiger partial charge in [0, 0.05) is 18.4 Å². The number of imidazole rings is 1. The second kappa shape index (κ2) is 8.83. The molecule has 5 fully saturated rings. The Kier molecular flexibility index (Phi) is 5.77. The van der Waals surface area contributed by atoms with Gasteiger partial charge in [-0.3, -0.25) is 4.79 Å². The van der Waals surface area contributed by atoms with Crippen LogP contribution in [0.25, 0.3) is 11.0 Å². The van der Waals surface area contributed by atoms with Crippen LogP contribution < -0.4 is 0 Å². The van der Waals surface area contributed by atoms with Crippen molar-refractivity contribution in [2.24, 2.45) is 34.5 Å². The van der Waals surface area contributed by atoms with Crippen molar-refractivity contribution in [3.63, 3.8) is 0 Å². The summed E-state index contributed by atoms with van der Waals surface area (Å²) in [5.41, 5.74) is 2.72. The molecular formula is C32H45N3O2. The van der Waals surface area contributed by atoms with Gasteiger partial charge in [-0.1, -0.05) is 26.0 Å². The Morgan fingerprint density at radius 3 is 2.57 bits per heavy atom. The van der Waals surface area contributed by atoms with Crippen LogP contribution in [0.4, 0.5) is 0 Å². The summed E-state index contributed by atoms with van der Waals surface area (Å²) in [7, 11) is 0. The van der Waals surface area contributed by atoms with Crippen LogP contribution in [0.15, 0.2) is 30.6 Å². The second-order valence-corrected chi connectivity index (χ2v) is 13.8. The molecule has 0 amide bonds. The third-order valence-electron chi connectivity index (χ3n) is 12.4. The van der Waals surface area contributed by atoms with Crippen molar-refractivity contribution in [1.29, 1.82) is 0 Å². The van der Waals surface area contributed by atoms with Gasteiger partial charge in [-0.2, -0.15) is 0 Å². The number of para-hydroxylation sites is 2. The quantitative estimate of drug-likeness (QED) is 0.441. The first kappa shape index (κ1) is 24.2. The fourth-order valence-corrected chi connectivity index (χ4v) is 10.5. The molecule has 1 aromatic heterocycles. The molecule has 0 spiro atoms. The standard InChI is InChI=1S/C32H45N3O2/c1-21(36)37-30-29(35-20-33-27-8-4-5-9-28(27)35)19-26-24-11-10-22-18-23(34-16-6-7-17-34)12-14-31(22,2)25(24)13-15-32(26,30)3/h4-5,8-9,20,22-26,29-30H,6-7,10-19H2,1-3H3/t22-,23-,24+,25-,26-,29-,30-,31-,32-/m0/s1. The lowest BCUT2D eigenvalue weighted by Crippen LogP contribution is -2.56. The summed E-state index contributed by atoms with van der Waals surface area (Å²) in [5, 5.41) is 0. The number of aromatic nitrogens is 2. The Labute approximate surface area is 222 Å². The van der Waals surface area contributed by atoms with Crippen molar-refractivity contribution in [1.82, 2.24) is 14.5 Å². The first-order chi connectivity index (χ1) is 17.9. The molecule has 0 radical (unpaired) electrons. The lowest BCUT2D eigenvalue weighted by atomic mass is 9.45. The van der Waals surface area contributed by atoms with Crippen molar-refractivity contribution in [3.8, 4) is 0 Å². The third kappa shape index (κ3) is 3.66. The number of hydrogen-bond donors (Lipinski definition) is 0. The molecule has 0 N–H and O–H groups in total. The van der Waals surface area contributed by atoms with E-state index in [1.165, 1.54) is 76.4 Å². The number of likely N-dealkylation sites (tertiary alicyclic amines) is 1. The van der Waals surface area contributed by atoms with Crippen LogP contribution in [-0.2, 0) is 9.53 Å². The number of benzene rings is 1. The maximum Gasteiger partial charge on any atom is 0.302 e. The van der Waals surface area contributed by atoms with Crippen LogP contribution in [-0.4, -0.2) is 45.7 Å². The Bertz CT molecular complexity index is 1170. The van der Waals surface area contributed by atoms with Crippen LogP contribution in [0.1, 0.15) is 91.0 Å². The lowest BCUT2D eigenvalue weighted by molar-refractivity contribution is -0.164. The van der Waals surface area contributed by atoms with E-state index >= 15 is 0 Å². The van der Waals surface area contributed by atoms with E-state index in [1.807, 2.05) is 6.33 Å². The van der Waals surface area contributed by atoms with Gasteiger partial charge in [-0.05, 0) is 119 Å². The second-order valence-electron chi connectivity index (χ2n) is 13.8. The predicted octanol–water partition coefficient (Wildman–Crippen LogP) is 6.63. The van der Waals surface area contributed by atoms with E-state index in [2.05, 4.69) is 47.6 Å². The van der Waals surface area contributed by atoms with E-state index in [0.717, 1.165) is 35.7 Å². The Hall–Kier alpha value is -1.88. The summed E-state index contributed by atoms with van der Waals surface area (Å²) in [5.74, 6) is 2.92. The maximum atomic E-state index is 12.4. The molecule has 7 rings (SSSR count). The van der Waals surface area contributed by atoms with Gasteiger partial charge in [0.25, 0.3) is 0 Å². The highest BCUT2D eigenvalue weighted by molar-refractivity contribution is 5.75. The molecule has 9 atom stereocenters. The highest BCUT2D eigenvalue weighted by atomic mass is 16.5. The molecule has 5 heteroatoms. The van der Waals surface area contributed by atoms with E-state index < -0.39 is 0 Å². The Morgan fingerprint density at radius 2 is 1.76 bits per heavy atom. The van der Waals surface area contributed by atoms with Gasteiger partial charge in [0.2, 0.25) is 0 Å². The Morgan fingerprint density at radius 1 is 0.973 bits per heavy atom. The van der Waals surface area contributed by atoms with E-state index in [9.17, 15) is 4.79 Å². The third-order valence-corrected chi connectivity index (χ3v) is 12.4. The van der Waals surface area contributed by atoms with Gasteiger partial charge < -0.3 is 14.2 Å². The van der Waals surface area contributed by atoms with Gasteiger partial charge >= 0.3 is 5.97 Å². The molecule has 5 nitrogen and oxygen atoms in total. The number of esters is 1. The fourth-order valence-electron chi connectivity index (χ4n) is 10.5. The highest BCUT2D eigenvalue weighted by Crippen LogP contribution is 2.68. The summed E-state index contributed by atoms with van der Waals surface area (Å²) in [6.07, 6.45) is 15.3. The molecular weight excluding hydrogens is 458 g/mol. The number of hydrogen-bond acceptors (Lipinski definition) is 4. The van der Waals surface area contributed by atoms with Gasteiger partial charge in [0.15, 0.2) is 0 Å². The predicted molar refractivity (Wildman–Crippen MR) is 146 cm³/mol. The van der Waals surface area contributed by atoms with Gasteiger partial charge in [-0.25, -0.2) is 4.98 Å². The van der Waals surface area contributed by atoms with Crippen LogP contribution in [0.2, 0.25) is 0 Å². The number of nitrogens with zero attached hydrogens (tertiary/aromatic N) is 3. The summed E-state index contributed by atoms with van der Waals surface area (Å²) in [6.45, 7) is 9.40. The molecule has 1 saturated heterocycles. The number of rotatable bonds is 3. The first-order valence-electron chi connectivity index (χ1n) is 15.2. The number of carbonyl (C=O) groups excluding carboxylic acids is 1. The number of ether oxygens (including phenoxy) is 1. The minimum absolute atomic E-state index is 0.0405. The topological polar surface area (TPSA) is 47.4 Å². The highest BCUT2D eigenvalue weighted by Gasteiger charge is 2.64. The molecule has 5 aliphatic rings. The minimum Gasteiger partial charge on any atom is -0.460 e. The van der Waals surface area contributed by atoms with Crippen molar-refractivity contribution in [2.45, 2.75) is 103 Å². The fraction of sp³-hybridized carbons (Fsp3) is 0.750. The zero-order chi connectivity index (χ0) is 25.4. The molecule has 2 aromatic rings. The zero-order valence-corrected chi connectivity index (χ0v) is 23.1. The van der Waals surface area contributed by atoms with Crippen molar-refractivity contribution >= 4 is 17.0 Å². The van der Waals surface area contributed by atoms with Crippen LogP contribution in [0, 0.1) is 34.5 Å². The lowest BCUT2D eigenvalue weighted by Gasteiger charge is -2.61. The average molecular weight is 504 g/mol. The summed E-state index contributed by atoms with van der Waals surface area (Å²) >= 11 is 0. The van der Waals surface area contributed by atoms with Gasteiger partial charge in [-0.15, -0.1) is 0 Å². The van der Waals surface area contributed by atoms with Crippen molar-refractivity contribution < 1.29 is 9.53 Å². The molecule has 37 heavy (non-hydrogen) atoms. The van der Waals surface area contributed by atoms with E-state index in [4.69, 9.17) is 9.72 Å². The minimum atomic E-state index is -0.140. The molecule has 200 valence electrons. The molecule has 1 aliphatic heterocycles. The Balaban J connectivity index is 1.19. The van der Waals surface area contributed by atoms with Gasteiger partial charge in [0.1, 0.15) is 6.10 Å². The molecule has 4 saturated carbocycles.